The predicted octanol–water partition coefficient (Wildman–Crippen LogP) is 3.67. The van der Waals surface area contributed by atoms with E-state index in [2.05, 4.69) is 10.3 Å². The van der Waals surface area contributed by atoms with Gasteiger partial charge in [0.25, 0.3) is 5.91 Å². The van der Waals surface area contributed by atoms with Crippen molar-refractivity contribution in [1.29, 1.82) is 0 Å². The van der Waals surface area contributed by atoms with Gasteiger partial charge in [-0.15, -0.1) is 0 Å². The van der Waals surface area contributed by atoms with Crippen molar-refractivity contribution in [3.8, 4) is 0 Å². The number of rotatable bonds is 2. The fourth-order valence-corrected chi connectivity index (χ4v) is 3.76. The number of thiazole rings is 1. The maximum atomic E-state index is 12.4. The Morgan fingerprint density at radius 3 is 3.00 bits per heavy atom. The lowest BCUT2D eigenvalue weighted by Gasteiger charge is -2.23. The van der Waals surface area contributed by atoms with Crippen LogP contribution >= 0.6 is 22.9 Å². The molecule has 0 spiro atoms. The number of anilines is 1. The van der Waals surface area contributed by atoms with Gasteiger partial charge in [-0.05, 0) is 29.8 Å². The largest absolute Gasteiger partial charge is 0.448 e. The maximum Gasteiger partial charge on any atom is 0.339 e. The highest BCUT2D eigenvalue weighted by Crippen LogP contribution is 2.29. The van der Waals surface area contributed by atoms with Gasteiger partial charge in [-0.25, -0.2) is 9.78 Å². The van der Waals surface area contributed by atoms with Crippen LogP contribution in [-0.2, 0) is 16.0 Å². The molecule has 120 valence electrons. The quantitative estimate of drug-likeness (QED) is 0.710. The summed E-state index contributed by atoms with van der Waals surface area (Å²) in [7, 11) is 0. The molecule has 0 saturated heterocycles. The van der Waals surface area contributed by atoms with Gasteiger partial charge < -0.3 is 4.74 Å². The van der Waals surface area contributed by atoms with E-state index in [0.29, 0.717) is 22.1 Å². The molecule has 1 amide bonds. The summed E-state index contributed by atoms with van der Waals surface area (Å²) >= 11 is 7.28. The summed E-state index contributed by atoms with van der Waals surface area (Å²) in [6, 6.07) is 12.5. The lowest BCUT2D eigenvalue weighted by atomic mass is 9.98. The summed E-state index contributed by atoms with van der Waals surface area (Å²) in [5.74, 6) is -0.865. The van der Waals surface area contributed by atoms with E-state index < -0.39 is 12.1 Å². The number of nitrogens with zero attached hydrogens (tertiary/aromatic N) is 1. The SMILES string of the molecule is O=C1OC(C(=O)Nc2nc3ccc(Cl)cc3s2)Cc2ccccc21. The number of amides is 1. The molecule has 1 aliphatic rings. The molecule has 0 radical (unpaired) electrons. The Morgan fingerprint density at radius 2 is 2.12 bits per heavy atom. The summed E-state index contributed by atoms with van der Waals surface area (Å²) in [5.41, 5.74) is 2.08. The van der Waals surface area contributed by atoms with Gasteiger partial charge in [0.05, 0.1) is 15.8 Å². The van der Waals surface area contributed by atoms with Crippen LogP contribution in [0.3, 0.4) is 0 Å². The van der Waals surface area contributed by atoms with Crippen LogP contribution in [-0.4, -0.2) is 23.0 Å². The van der Waals surface area contributed by atoms with E-state index in [-0.39, 0.29) is 5.91 Å². The van der Waals surface area contributed by atoms with Gasteiger partial charge in [0.2, 0.25) is 0 Å². The molecular weight excluding hydrogens is 348 g/mol. The zero-order valence-corrected chi connectivity index (χ0v) is 13.9. The predicted molar refractivity (Wildman–Crippen MR) is 92.6 cm³/mol. The molecule has 4 rings (SSSR count). The summed E-state index contributed by atoms with van der Waals surface area (Å²) in [6.45, 7) is 0. The van der Waals surface area contributed by atoms with E-state index in [4.69, 9.17) is 16.3 Å². The molecule has 2 aromatic carbocycles. The molecule has 0 fully saturated rings. The van der Waals surface area contributed by atoms with E-state index in [9.17, 15) is 9.59 Å². The molecule has 0 bridgehead atoms. The standard InChI is InChI=1S/C17H11ClN2O3S/c18-10-5-6-12-14(8-10)24-17(19-12)20-15(21)13-7-9-3-1-2-4-11(9)16(22)23-13/h1-6,8,13H,7H2,(H,19,20,21). The number of nitrogens with one attached hydrogen (secondary N) is 1. The molecular formula is C17H11ClN2O3S. The van der Waals surface area contributed by atoms with Crippen LogP contribution in [0.25, 0.3) is 10.2 Å². The Bertz CT molecular complexity index is 969. The first-order chi connectivity index (χ1) is 11.6. The van der Waals surface area contributed by atoms with Gasteiger partial charge in [-0.1, -0.05) is 41.1 Å². The molecule has 5 nitrogen and oxygen atoms in total. The van der Waals surface area contributed by atoms with Gasteiger partial charge >= 0.3 is 5.97 Å². The van der Waals surface area contributed by atoms with Crippen LogP contribution in [0.15, 0.2) is 42.5 Å². The third-order valence-electron chi connectivity index (χ3n) is 3.76. The van der Waals surface area contributed by atoms with Gasteiger partial charge in [0.15, 0.2) is 11.2 Å². The van der Waals surface area contributed by atoms with Crippen molar-refractivity contribution in [2.45, 2.75) is 12.5 Å². The monoisotopic (exact) mass is 358 g/mol. The van der Waals surface area contributed by atoms with Crippen molar-refractivity contribution >= 4 is 50.2 Å². The number of benzene rings is 2. The number of hydrogen-bond acceptors (Lipinski definition) is 5. The average molecular weight is 359 g/mol. The average Bonchev–Trinajstić information content (AvgIpc) is 2.96. The van der Waals surface area contributed by atoms with Crippen LogP contribution < -0.4 is 5.32 Å². The number of halogens is 1. The van der Waals surface area contributed by atoms with Crippen LogP contribution in [0.1, 0.15) is 15.9 Å². The molecule has 0 aliphatic carbocycles. The Kier molecular flexibility index (Phi) is 3.70. The molecule has 3 aromatic rings. The third-order valence-corrected chi connectivity index (χ3v) is 4.93. The second kappa shape index (κ2) is 5.89. The van der Waals surface area contributed by atoms with Gasteiger partial charge in [-0.3, -0.25) is 10.1 Å². The zero-order chi connectivity index (χ0) is 16.7. The number of cyclic esters (lactones) is 1. The van der Waals surface area contributed by atoms with Crippen LogP contribution in [0.2, 0.25) is 5.02 Å². The van der Waals surface area contributed by atoms with Gasteiger partial charge in [0.1, 0.15) is 0 Å². The first-order valence-corrected chi connectivity index (χ1v) is 8.45. The highest BCUT2D eigenvalue weighted by molar-refractivity contribution is 7.22. The number of esters is 1. The normalized spacial score (nSPS) is 16.5. The second-order valence-corrected chi connectivity index (χ2v) is 6.84. The van der Waals surface area contributed by atoms with E-state index in [1.807, 2.05) is 12.1 Å². The van der Waals surface area contributed by atoms with E-state index >= 15 is 0 Å². The molecule has 1 atom stereocenters. The Balaban J connectivity index is 1.55. The molecule has 1 unspecified atom stereocenters. The highest BCUT2D eigenvalue weighted by Gasteiger charge is 2.31. The fourth-order valence-electron chi connectivity index (χ4n) is 2.62. The number of carbonyl (C=O) groups is 2. The number of hydrogen-bond donors (Lipinski definition) is 1. The zero-order valence-electron chi connectivity index (χ0n) is 12.3. The molecule has 24 heavy (non-hydrogen) atoms. The lowest BCUT2D eigenvalue weighted by Crippen LogP contribution is -2.37. The molecule has 1 aromatic heterocycles. The number of aromatic nitrogens is 1. The molecule has 0 saturated carbocycles. The minimum atomic E-state index is -0.858. The molecule has 7 heteroatoms. The summed E-state index contributed by atoms with van der Waals surface area (Å²) in [4.78, 5) is 28.8. The smallest absolute Gasteiger partial charge is 0.339 e. The number of ether oxygens (including phenoxy) is 1. The maximum absolute atomic E-state index is 12.4. The summed E-state index contributed by atoms with van der Waals surface area (Å²) < 4.78 is 6.12. The van der Waals surface area contributed by atoms with E-state index in [1.54, 1.807) is 30.3 Å². The first-order valence-electron chi connectivity index (χ1n) is 7.26. The highest BCUT2D eigenvalue weighted by atomic mass is 35.5. The number of fused-ring (bicyclic) bond motifs is 2. The van der Waals surface area contributed by atoms with Crippen molar-refractivity contribution in [2.75, 3.05) is 5.32 Å². The van der Waals surface area contributed by atoms with Crippen molar-refractivity contribution in [3.63, 3.8) is 0 Å². The minimum Gasteiger partial charge on any atom is -0.448 e. The van der Waals surface area contributed by atoms with Crippen molar-refractivity contribution < 1.29 is 14.3 Å². The second-order valence-electron chi connectivity index (χ2n) is 5.38. The van der Waals surface area contributed by atoms with Crippen LogP contribution in [0.5, 0.6) is 0 Å². The van der Waals surface area contributed by atoms with E-state index in [0.717, 1.165) is 15.8 Å². The summed E-state index contributed by atoms with van der Waals surface area (Å²) in [6.07, 6.45) is -0.507. The van der Waals surface area contributed by atoms with Crippen molar-refractivity contribution in [2.24, 2.45) is 0 Å². The molecule has 2 heterocycles. The van der Waals surface area contributed by atoms with Gasteiger partial charge in [0, 0.05) is 11.4 Å². The van der Waals surface area contributed by atoms with Crippen molar-refractivity contribution in [3.05, 3.63) is 58.6 Å². The molecule has 1 N–H and O–H groups in total. The van der Waals surface area contributed by atoms with Crippen molar-refractivity contribution in [1.82, 2.24) is 4.98 Å². The minimum absolute atomic E-state index is 0.352. The Hall–Kier alpha value is -2.44. The number of carbonyl (C=O) groups excluding carboxylic acids is 2. The topological polar surface area (TPSA) is 68.3 Å². The molecule has 1 aliphatic heterocycles. The van der Waals surface area contributed by atoms with Gasteiger partial charge in [-0.2, -0.15) is 0 Å². The first kappa shape index (κ1) is 15.1. The fraction of sp³-hybridized carbons (Fsp3) is 0.118. The lowest BCUT2D eigenvalue weighted by molar-refractivity contribution is -0.125. The van der Waals surface area contributed by atoms with Crippen LogP contribution in [0.4, 0.5) is 5.13 Å². The van der Waals surface area contributed by atoms with Crippen LogP contribution in [0, 0.1) is 0 Å². The third kappa shape index (κ3) is 2.74. The Labute approximate surface area is 146 Å². The Morgan fingerprint density at radius 1 is 1.29 bits per heavy atom. The van der Waals surface area contributed by atoms with E-state index in [1.165, 1.54) is 11.3 Å². The summed E-state index contributed by atoms with van der Waals surface area (Å²) in [5, 5.41) is 3.78.